The summed E-state index contributed by atoms with van der Waals surface area (Å²) in [7, 11) is 3.30. The molecule has 5 nitrogen and oxygen atoms in total. The zero-order valence-electron chi connectivity index (χ0n) is 21.7. The van der Waals surface area contributed by atoms with Gasteiger partial charge in [-0.25, -0.2) is 0 Å². The van der Waals surface area contributed by atoms with Gasteiger partial charge in [-0.2, -0.15) is 0 Å². The van der Waals surface area contributed by atoms with Crippen molar-refractivity contribution in [2.24, 2.45) is 0 Å². The number of carbonyl (C=O) groups is 1. The standard InChI is InChI=1S/C31H36N2O3/c1-5-27-17-12-24(22-32-27)9-6-8-23(2)33-31(34)11-7-10-30(25-13-18-28(35-3)19-14-25)26-15-20-29(36-4)21-16-26/h7,10-23H,5-6,8-9H2,1-4H3,(H,33,34)/t23-/m1/s1. The number of hydrogen-bond donors (Lipinski definition) is 1. The van der Waals surface area contributed by atoms with Crippen LogP contribution in [0.25, 0.3) is 5.57 Å². The van der Waals surface area contributed by atoms with Crippen molar-refractivity contribution in [3.05, 3.63) is 107 Å². The smallest absolute Gasteiger partial charge is 0.244 e. The highest BCUT2D eigenvalue weighted by Crippen LogP contribution is 2.27. The maximum Gasteiger partial charge on any atom is 0.244 e. The number of rotatable bonds is 12. The molecule has 188 valence electrons. The molecule has 1 N–H and O–H groups in total. The molecule has 1 aromatic heterocycles. The lowest BCUT2D eigenvalue weighted by molar-refractivity contribution is -0.117. The molecule has 0 saturated heterocycles. The first-order valence-electron chi connectivity index (χ1n) is 12.4. The third-order valence-corrected chi connectivity index (χ3v) is 6.05. The molecule has 0 aliphatic carbocycles. The minimum atomic E-state index is -0.100. The van der Waals surface area contributed by atoms with Crippen molar-refractivity contribution in [3.8, 4) is 11.5 Å². The molecule has 0 radical (unpaired) electrons. The van der Waals surface area contributed by atoms with Gasteiger partial charge >= 0.3 is 0 Å². The van der Waals surface area contributed by atoms with Gasteiger partial charge in [0.25, 0.3) is 0 Å². The fraction of sp³-hybridized carbons (Fsp3) is 0.290. The number of benzene rings is 2. The van der Waals surface area contributed by atoms with Gasteiger partial charge in [0.1, 0.15) is 11.5 Å². The predicted octanol–water partition coefficient (Wildman–Crippen LogP) is 6.18. The molecule has 0 spiro atoms. The van der Waals surface area contributed by atoms with Crippen LogP contribution in [0, 0.1) is 0 Å². The Bertz CT molecular complexity index is 1100. The van der Waals surface area contributed by atoms with Gasteiger partial charge in [-0.15, -0.1) is 0 Å². The molecule has 0 fully saturated rings. The van der Waals surface area contributed by atoms with E-state index in [4.69, 9.17) is 9.47 Å². The molecule has 0 unspecified atom stereocenters. The molecular weight excluding hydrogens is 448 g/mol. The molecule has 1 atom stereocenters. The third-order valence-electron chi connectivity index (χ3n) is 6.05. The molecule has 0 bridgehead atoms. The summed E-state index contributed by atoms with van der Waals surface area (Å²) >= 11 is 0. The minimum Gasteiger partial charge on any atom is -0.497 e. The maximum absolute atomic E-state index is 12.5. The second-order valence-electron chi connectivity index (χ2n) is 8.71. The van der Waals surface area contributed by atoms with E-state index in [1.165, 1.54) is 5.56 Å². The van der Waals surface area contributed by atoms with Crippen LogP contribution in [0.15, 0.2) is 85.1 Å². The largest absolute Gasteiger partial charge is 0.497 e. The van der Waals surface area contributed by atoms with E-state index < -0.39 is 0 Å². The van der Waals surface area contributed by atoms with Crippen LogP contribution in [0.2, 0.25) is 0 Å². The van der Waals surface area contributed by atoms with E-state index in [9.17, 15) is 4.79 Å². The lowest BCUT2D eigenvalue weighted by Crippen LogP contribution is -2.31. The highest BCUT2D eigenvalue weighted by molar-refractivity contribution is 5.89. The average molecular weight is 485 g/mol. The second-order valence-corrected chi connectivity index (χ2v) is 8.71. The minimum absolute atomic E-state index is 0.0941. The number of hydrogen-bond acceptors (Lipinski definition) is 4. The average Bonchev–Trinajstić information content (AvgIpc) is 2.91. The van der Waals surface area contributed by atoms with Crippen molar-refractivity contribution in [1.29, 1.82) is 0 Å². The molecule has 3 rings (SSSR count). The first-order valence-corrected chi connectivity index (χ1v) is 12.4. The van der Waals surface area contributed by atoms with Gasteiger partial charge in [0.15, 0.2) is 0 Å². The van der Waals surface area contributed by atoms with E-state index in [-0.39, 0.29) is 11.9 Å². The van der Waals surface area contributed by atoms with Crippen LogP contribution in [0.5, 0.6) is 11.5 Å². The first-order chi connectivity index (χ1) is 17.5. The Balaban J connectivity index is 1.60. The van der Waals surface area contributed by atoms with E-state index in [0.717, 1.165) is 59.6 Å². The number of nitrogens with one attached hydrogen (secondary N) is 1. The van der Waals surface area contributed by atoms with Crippen LogP contribution in [0.3, 0.4) is 0 Å². The van der Waals surface area contributed by atoms with E-state index in [2.05, 4.69) is 29.4 Å². The van der Waals surface area contributed by atoms with Crippen LogP contribution in [0.4, 0.5) is 0 Å². The van der Waals surface area contributed by atoms with Gasteiger partial charge in [0.2, 0.25) is 5.91 Å². The molecular formula is C31H36N2O3. The summed E-state index contributed by atoms with van der Waals surface area (Å²) < 4.78 is 10.6. The van der Waals surface area contributed by atoms with Crippen LogP contribution < -0.4 is 14.8 Å². The van der Waals surface area contributed by atoms with Gasteiger partial charge in [0, 0.05) is 24.0 Å². The third kappa shape index (κ3) is 8.12. The van der Waals surface area contributed by atoms with Crippen LogP contribution in [-0.4, -0.2) is 31.2 Å². The lowest BCUT2D eigenvalue weighted by Gasteiger charge is -2.12. The monoisotopic (exact) mass is 484 g/mol. The fourth-order valence-corrected chi connectivity index (χ4v) is 3.92. The molecule has 0 aliphatic rings. The molecule has 0 aliphatic heterocycles. The first kappa shape index (κ1) is 26.7. The van der Waals surface area contributed by atoms with Crippen LogP contribution in [-0.2, 0) is 17.6 Å². The van der Waals surface area contributed by atoms with E-state index >= 15 is 0 Å². The van der Waals surface area contributed by atoms with Crippen molar-refractivity contribution in [1.82, 2.24) is 10.3 Å². The molecule has 3 aromatic rings. The van der Waals surface area contributed by atoms with Crippen molar-refractivity contribution < 1.29 is 14.3 Å². The Morgan fingerprint density at radius 1 is 0.944 bits per heavy atom. The Morgan fingerprint density at radius 3 is 2.06 bits per heavy atom. The highest BCUT2D eigenvalue weighted by atomic mass is 16.5. The topological polar surface area (TPSA) is 60.5 Å². The molecule has 1 heterocycles. The predicted molar refractivity (Wildman–Crippen MR) is 146 cm³/mol. The number of carbonyl (C=O) groups excluding carboxylic acids is 1. The highest BCUT2D eigenvalue weighted by Gasteiger charge is 2.07. The van der Waals surface area contributed by atoms with Crippen molar-refractivity contribution in [2.75, 3.05) is 14.2 Å². The fourth-order valence-electron chi connectivity index (χ4n) is 3.92. The van der Waals surface area contributed by atoms with Gasteiger partial charge < -0.3 is 14.8 Å². The van der Waals surface area contributed by atoms with Gasteiger partial charge in [-0.1, -0.05) is 49.4 Å². The van der Waals surface area contributed by atoms with Crippen LogP contribution in [0.1, 0.15) is 49.1 Å². The Kier molecular flexibility index (Phi) is 10.3. The summed E-state index contributed by atoms with van der Waals surface area (Å²) in [6, 6.07) is 20.1. The summed E-state index contributed by atoms with van der Waals surface area (Å²) in [5, 5.41) is 3.06. The van der Waals surface area contributed by atoms with E-state index in [1.54, 1.807) is 26.4 Å². The number of aryl methyl sites for hydroxylation is 2. The number of nitrogens with zero attached hydrogens (tertiary/aromatic N) is 1. The Hall–Kier alpha value is -3.86. The zero-order valence-corrected chi connectivity index (χ0v) is 21.7. The normalized spacial score (nSPS) is 11.7. The summed E-state index contributed by atoms with van der Waals surface area (Å²) in [5.74, 6) is 1.49. The summed E-state index contributed by atoms with van der Waals surface area (Å²) in [5.41, 5.74) is 5.41. The molecule has 2 aromatic carbocycles. The number of allylic oxidation sites excluding steroid dienone is 2. The van der Waals surface area contributed by atoms with Gasteiger partial charge in [-0.3, -0.25) is 9.78 Å². The molecule has 36 heavy (non-hydrogen) atoms. The maximum atomic E-state index is 12.5. The SMILES string of the molecule is CCc1ccc(CCC[C@@H](C)NC(=O)C=CC=C(c2ccc(OC)cc2)c2ccc(OC)cc2)cn1. The van der Waals surface area contributed by atoms with Gasteiger partial charge in [-0.05, 0) is 85.2 Å². The van der Waals surface area contributed by atoms with Crippen molar-refractivity contribution in [3.63, 3.8) is 0 Å². The number of amides is 1. The quantitative estimate of drug-likeness (QED) is 0.246. The van der Waals surface area contributed by atoms with E-state index in [0.29, 0.717) is 0 Å². The summed E-state index contributed by atoms with van der Waals surface area (Å²) in [6.07, 6.45) is 11.1. The number of methoxy groups -OCH3 is 2. The number of aromatic nitrogens is 1. The number of pyridine rings is 1. The lowest BCUT2D eigenvalue weighted by atomic mass is 9.97. The number of ether oxygens (including phenoxy) is 2. The van der Waals surface area contributed by atoms with Gasteiger partial charge in [0.05, 0.1) is 14.2 Å². The molecule has 0 saturated carbocycles. The summed E-state index contributed by atoms with van der Waals surface area (Å²) in [4.78, 5) is 17.0. The molecule has 1 amide bonds. The Morgan fingerprint density at radius 2 is 1.56 bits per heavy atom. The van der Waals surface area contributed by atoms with Crippen LogP contribution >= 0.6 is 0 Å². The second kappa shape index (κ2) is 13.9. The summed E-state index contributed by atoms with van der Waals surface area (Å²) in [6.45, 7) is 4.15. The van der Waals surface area contributed by atoms with Crippen molar-refractivity contribution >= 4 is 11.5 Å². The van der Waals surface area contributed by atoms with E-state index in [1.807, 2.05) is 67.7 Å². The zero-order chi connectivity index (χ0) is 25.8. The molecule has 5 heteroatoms. The Labute approximate surface area is 214 Å². The van der Waals surface area contributed by atoms with Crippen molar-refractivity contribution in [2.45, 2.75) is 45.6 Å².